The average molecular weight is 323 g/mol. The van der Waals surface area contributed by atoms with Crippen LogP contribution >= 0.6 is 15.9 Å². The fraction of sp³-hybridized carbons (Fsp3) is 0.200. The molecule has 0 bridgehead atoms. The molecule has 100 valence electrons. The second-order valence-corrected chi connectivity index (χ2v) is 5.00. The molecule has 4 heteroatoms. The lowest BCUT2D eigenvalue weighted by molar-refractivity contribution is 0.199. The minimum atomic E-state index is -0.494. The van der Waals surface area contributed by atoms with Crippen LogP contribution in [0.25, 0.3) is 0 Å². The molecule has 2 aromatic rings. The number of hydrogen-bond acceptors (Lipinski definition) is 3. The van der Waals surface area contributed by atoms with Gasteiger partial charge in [0, 0.05) is 0 Å². The Hall–Kier alpha value is -1.52. The molecule has 0 saturated heterocycles. The van der Waals surface area contributed by atoms with Crippen molar-refractivity contribution in [1.82, 2.24) is 0 Å². The standard InChI is InChI=1S/C15H15BrO3/c1-10(17)11-3-8-15(14(16)9-11)19-13-6-4-12(18-2)5-7-13/h3-10,17H,1-2H3/t10-/m0/s1. The van der Waals surface area contributed by atoms with Gasteiger partial charge in [-0.25, -0.2) is 0 Å². The lowest BCUT2D eigenvalue weighted by Crippen LogP contribution is -1.92. The molecule has 0 aliphatic rings. The van der Waals surface area contributed by atoms with Gasteiger partial charge in [0.15, 0.2) is 0 Å². The number of aliphatic hydroxyl groups excluding tert-OH is 1. The first-order valence-electron chi connectivity index (χ1n) is 5.89. The summed E-state index contributed by atoms with van der Waals surface area (Å²) in [6.45, 7) is 1.73. The molecule has 0 amide bonds. The first-order chi connectivity index (χ1) is 9.10. The first kappa shape index (κ1) is 13.9. The maximum Gasteiger partial charge on any atom is 0.141 e. The van der Waals surface area contributed by atoms with Crippen molar-refractivity contribution >= 4 is 15.9 Å². The van der Waals surface area contributed by atoms with Gasteiger partial charge in [-0.05, 0) is 64.8 Å². The van der Waals surface area contributed by atoms with Crippen LogP contribution in [-0.4, -0.2) is 12.2 Å². The summed E-state index contributed by atoms with van der Waals surface area (Å²) < 4.78 is 11.7. The smallest absolute Gasteiger partial charge is 0.141 e. The van der Waals surface area contributed by atoms with E-state index in [1.165, 1.54) is 0 Å². The van der Waals surface area contributed by atoms with Crippen LogP contribution in [0.15, 0.2) is 46.9 Å². The van der Waals surface area contributed by atoms with Crippen LogP contribution in [0.4, 0.5) is 0 Å². The fourth-order valence-corrected chi connectivity index (χ4v) is 2.11. The average Bonchev–Trinajstić information content (AvgIpc) is 2.41. The number of methoxy groups -OCH3 is 1. The topological polar surface area (TPSA) is 38.7 Å². The van der Waals surface area contributed by atoms with Gasteiger partial charge in [-0.3, -0.25) is 0 Å². The Balaban J connectivity index is 2.18. The van der Waals surface area contributed by atoms with Gasteiger partial charge in [0.25, 0.3) is 0 Å². The highest BCUT2D eigenvalue weighted by Crippen LogP contribution is 2.32. The lowest BCUT2D eigenvalue weighted by atomic mass is 10.1. The predicted molar refractivity (Wildman–Crippen MR) is 77.8 cm³/mol. The molecule has 0 radical (unpaired) electrons. The quantitative estimate of drug-likeness (QED) is 0.911. The Morgan fingerprint density at radius 1 is 1.05 bits per heavy atom. The molecule has 2 rings (SSSR count). The highest BCUT2D eigenvalue weighted by molar-refractivity contribution is 9.10. The van der Waals surface area contributed by atoms with Crippen molar-refractivity contribution in [3.05, 3.63) is 52.5 Å². The van der Waals surface area contributed by atoms with Crippen LogP contribution in [0.5, 0.6) is 17.2 Å². The van der Waals surface area contributed by atoms with Crippen molar-refractivity contribution in [3.8, 4) is 17.2 Å². The maximum atomic E-state index is 9.51. The normalized spacial score (nSPS) is 12.0. The number of hydrogen-bond donors (Lipinski definition) is 1. The van der Waals surface area contributed by atoms with Gasteiger partial charge in [-0.1, -0.05) is 6.07 Å². The minimum Gasteiger partial charge on any atom is -0.497 e. The van der Waals surface area contributed by atoms with Crippen LogP contribution in [0, 0.1) is 0 Å². The molecule has 1 atom stereocenters. The Kier molecular flexibility index (Phi) is 4.45. The Bertz CT molecular complexity index is 550. The van der Waals surface area contributed by atoms with Gasteiger partial charge in [0.2, 0.25) is 0 Å². The van der Waals surface area contributed by atoms with E-state index in [2.05, 4.69) is 15.9 Å². The number of halogens is 1. The molecule has 19 heavy (non-hydrogen) atoms. The van der Waals surface area contributed by atoms with Crippen molar-refractivity contribution in [2.75, 3.05) is 7.11 Å². The third-order valence-corrected chi connectivity index (χ3v) is 3.35. The van der Waals surface area contributed by atoms with E-state index < -0.39 is 6.10 Å². The molecule has 2 aromatic carbocycles. The van der Waals surface area contributed by atoms with Crippen LogP contribution in [0.1, 0.15) is 18.6 Å². The summed E-state index contributed by atoms with van der Waals surface area (Å²) in [6, 6.07) is 12.9. The molecule has 3 nitrogen and oxygen atoms in total. The lowest BCUT2D eigenvalue weighted by Gasteiger charge is -2.11. The molecule has 0 saturated carbocycles. The van der Waals surface area contributed by atoms with E-state index in [-0.39, 0.29) is 0 Å². The van der Waals surface area contributed by atoms with Gasteiger partial charge in [-0.2, -0.15) is 0 Å². The summed E-state index contributed by atoms with van der Waals surface area (Å²) in [7, 11) is 1.63. The van der Waals surface area contributed by atoms with Gasteiger partial charge in [0.05, 0.1) is 17.7 Å². The number of ether oxygens (including phenoxy) is 2. The van der Waals surface area contributed by atoms with Crippen molar-refractivity contribution in [3.63, 3.8) is 0 Å². The zero-order chi connectivity index (χ0) is 13.8. The fourth-order valence-electron chi connectivity index (χ4n) is 1.63. The highest BCUT2D eigenvalue weighted by Gasteiger charge is 2.07. The highest BCUT2D eigenvalue weighted by atomic mass is 79.9. The molecule has 1 N–H and O–H groups in total. The summed E-state index contributed by atoms with van der Waals surface area (Å²) in [5, 5.41) is 9.51. The van der Waals surface area contributed by atoms with Crippen molar-refractivity contribution in [2.45, 2.75) is 13.0 Å². The van der Waals surface area contributed by atoms with Crippen LogP contribution in [0.3, 0.4) is 0 Å². The monoisotopic (exact) mass is 322 g/mol. The van der Waals surface area contributed by atoms with Crippen LogP contribution < -0.4 is 9.47 Å². The zero-order valence-electron chi connectivity index (χ0n) is 10.8. The van der Waals surface area contributed by atoms with Crippen LogP contribution in [0.2, 0.25) is 0 Å². The summed E-state index contributed by atoms with van der Waals surface area (Å²) >= 11 is 3.44. The summed E-state index contributed by atoms with van der Waals surface area (Å²) in [5.74, 6) is 2.22. The van der Waals surface area contributed by atoms with E-state index in [1.54, 1.807) is 14.0 Å². The zero-order valence-corrected chi connectivity index (χ0v) is 12.3. The SMILES string of the molecule is COc1ccc(Oc2ccc([C@H](C)O)cc2Br)cc1. The number of aliphatic hydroxyl groups is 1. The molecule has 0 aromatic heterocycles. The second-order valence-electron chi connectivity index (χ2n) is 4.14. The molecule has 0 aliphatic heterocycles. The van der Waals surface area contributed by atoms with Gasteiger partial charge in [-0.15, -0.1) is 0 Å². The van der Waals surface area contributed by atoms with Gasteiger partial charge < -0.3 is 14.6 Å². The van der Waals surface area contributed by atoms with Crippen molar-refractivity contribution in [1.29, 1.82) is 0 Å². The molecular weight excluding hydrogens is 308 g/mol. The molecule has 0 unspecified atom stereocenters. The molecule has 0 spiro atoms. The third kappa shape index (κ3) is 3.49. The van der Waals surface area contributed by atoms with Crippen molar-refractivity contribution < 1.29 is 14.6 Å². The van der Waals surface area contributed by atoms with Gasteiger partial charge >= 0.3 is 0 Å². The molecule has 0 fully saturated rings. The van der Waals surface area contributed by atoms with E-state index in [0.717, 1.165) is 21.5 Å². The molecule has 0 heterocycles. The number of rotatable bonds is 4. The Labute approximate surface area is 120 Å². The maximum absolute atomic E-state index is 9.51. The van der Waals surface area contributed by atoms with E-state index in [9.17, 15) is 5.11 Å². The number of benzene rings is 2. The molecular formula is C15H15BrO3. The Morgan fingerprint density at radius 3 is 2.21 bits per heavy atom. The summed E-state index contributed by atoms with van der Waals surface area (Å²) in [6.07, 6.45) is -0.494. The van der Waals surface area contributed by atoms with Gasteiger partial charge in [0.1, 0.15) is 17.2 Å². The van der Waals surface area contributed by atoms with E-state index >= 15 is 0 Å². The summed E-state index contributed by atoms with van der Waals surface area (Å²) in [5.41, 5.74) is 0.842. The second kappa shape index (κ2) is 6.08. The van der Waals surface area contributed by atoms with E-state index in [0.29, 0.717) is 5.75 Å². The van der Waals surface area contributed by atoms with Crippen LogP contribution in [-0.2, 0) is 0 Å². The molecule has 0 aliphatic carbocycles. The predicted octanol–water partition coefficient (Wildman–Crippen LogP) is 4.30. The van der Waals surface area contributed by atoms with E-state index in [4.69, 9.17) is 9.47 Å². The third-order valence-electron chi connectivity index (χ3n) is 2.73. The van der Waals surface area contributed by atoms with Crippen molar-refractivity contribution in [2.24, 2.45) is 0 Å². The Morgan fingerprint density at radius 2 is 1.68 bits per heavy atom. The van der Waals surface area contributed by atoms with E-state index in [1.807, 2.05) is 42.5 Å². The first-order valence-corrected chi connectivity index (χ1v) is 6.69. The summed E-state index contributed by atoms with van der Waals surface area (Å²) in [4.78, 5) is 0. The minimum absolute atomic E-state index is 0.494. The largest absolute Gasteiger partial charge is 0.497 e.